The molecule has 1 saturated carbocycles. The summed E-state index contributed by atoms with van der Waals surface area (Å²) in [6.45, 7) is 4.36. The number of carbonyl (C=O) groups excluding carboxylic acids is 1. The molecule has 3 rings (SSSR count). The minimum absolute atomic E-state index is 0.0296. The predicted octanol–water partition coefficient (Wildman–Crippen LogP) is 3.50. The van der Waals surface area contributed by atoms with Gasteiger partial charge in [0, 0.05) is 0 Å². The molecule has 0 unspecified atom stereocenters. The van der Waals surface area contributed by atoms with E-state index in [9.17, 15) is 4.79 Å². The second kappa shape index (κ2) is 5.24. The summed E-state index contributed by atoms with van der Waals surface area (Å²) in [5.41, 5.74) is 1.52. The van der Waals surface area contributed by atoms with Crippen LogP contribution in [0.2, 0.25) is 5.15 Å². The molecule has 108 valence electrons. The van der Waals surface area contributed by atoms with Crippen molar-refractivity contribution in [1.82, 2.24) is 10.3 Å². The summed E-state index contributed by atoms with van der Waals surface area (Å²) in [6.07, 6.45) is 4.23. The molecule has 0 aromatic carbocycles. The average molecular weight is 295 g/mol. The fourth-order valence-electron chi connectivity index (χ4n) is 2.48. The lowest BCUT2D eigenvalue weighted by Gasteiger charge is -2.13. The predicted molar refractivity (Wildman–Crippen MR) is 77.2 cm³/mol. The van der Waals surface area contributed by atoms with Crippen molar-refractivity contribution in [2.45, 2.75) is 51.7 Å². The number of carbonyl (C=O) groups is 1. The second-order valence-electron chi connectivity index (χ2n) is 6.03. The summed E-state index contributed by atoms with van der Waals surface area (Å²) in [7, 11) is 0. The van der Waals surface area contributed by atoms with E-state index in [2.05, 4.69) is 24.1 Å². The molecule has 1 aliphatic heterocycles. The average Bonchev–Trinajstić information content (AvgIpc) is 3.11. The number of nitrogens with zero attached hydrogens (tertiary/aromatic N) is 1. The van der Waals surface area contributed by atoms with E-state index in [0.29, 0.717) is 22.5 Å². The van der Waals surface area contributed by atoms with Crippen LogP contribution in [0.5, 0.6) is 5.88 Å². The molecule has 1 N–H and O–H groups in total. The zero-order valence-electron chi connectivity index (χ0n) is 11.8. The summed E-state index contributed by atoms with van der Waals surface area (Å²) >= 11 is 6.08. The van der Waals surface area contributed by atoms with Gasteiger partial charge in [0.25, 0.3) is 5.91 Å². The molecule has 0 radical (unpaired) electrons. The Hall–Kier alpha value is -1.29. The molecule has 1 aromatic heterocycles. The molecule has 4 nitrogen and oxygen atoms in total. The number of halogens is 1. The molecule has 1 aliphatic carbocycles. The van der Waals surface area contributed by atoms with Gasteiger partial charge in [-0.3, -0.25) is 4.79 Å². The van der Waals surface area contributed by atoms with Crippen molar-refractivity contribution in [3.05, 3.63) is 22.3 Å². The molecule has 0 saturated heterocycles. The van der Waals surface area contributed by atoms with Gasteiger partial charge in [0.05, 0.1) is 6.04 Å². The van der Waals surface area contributed by atoms with Crippen molar-refractivity contribution >= 4 is 17.5 Å². The highest BCUT2D eigenvalue weighted by molar-refractivity contribution is 6.29. The SMILES string of the molecule is CC(C)CC[C@@H]1NC(=O)c2c1cc(Cl)nc2OC1CC1. The van der Waals surface area contributed by atoms with E-state index in [1.165, 1.54) is 0 Å². The number of pyridine rings is 1. The van der Waals surface area contributed by atoms with Crippen molar-refractivity contribution in [1.29, 1.82) is 0 Å². The maximum atomic E-state index is 12.2. The maximum absolute atomic E-state index is 12.2. The minimum Gasteiger partial charge on any atom is -0.474 e. The second-order valence-corrected chi connectivity index (χ2v) is 6.42. The fourth-order valence-corrected chi connectivity index (χ4v) is 2.67. The summed E-state index contributed by atoms with van der Waals surface area (Å²) in [6, 6.07) is 1.82. The highest BCUT2D eigenvalue weighted by Crippen LogP contribution is 2.38. The van der Waals surface area contributed by atoms with Gasteiger partial charge in [-0.2, -0.15) is 0 Å². The minimum atomic E-state index is -0.0893. The molecule has 1 amide bonds. The number of hydrogen-bond acceptors (Lipinski definition) is 3. The summed E-state index contributed by atoms with van der Waals surface area (Å²) in [5.74, 6) is 0.920. The molecule has 1 fully saturated rings. The Morgan fingerprint density at radius 3 is 2.90 bits per heavy atom. The van der Waals surface area contributed by atoms with Gasteiger partial charge in [-0.25, -0.2) is 4.98 Å². The third-order valence-corrected chi connectivity index (χ3v) is 3.92. The van der Waals surface area contributed by atoms with Gasteiger partial charge in [0.2, 0.25) is 5.88 Å². The smallest absolute Gasteiger partial charge is 0.257 e. The maximum Gasteiger partial charge on any atom is 0.257 e. The molecule has 2 heterocycles. The van der Waals surface area contributed by atoms with E-state index in [1.807, 2.05) is 0 Å². The Kier molecular flexibility index (Phi) is 3.59. The van der Waals surface area contributed by atoms with Gasteiger partial charge >= 0.3 is 0 Å². The van der Waals surface area contributed by atoms with Crippen LogP contribution >= 0.6 is 11.6 Å². The van der Waals surface area contributed by atoms with Crippen molar-refractivity contribution in [2.75, 3.05) is 0 Å². The normalized spacial score (nSPS) is 21.0. The topological polar surface area (TPSA) is 51.2 Å². The highest BCUT2D eigenvalue weighted by atomic mass is 35.5. The van der Waals surface area contributed by atoms with Gasteiger partial charge in [-0.15, -0.1) is 0 Å². The first-order chi connectivity index (χ1) is 9.54. The lowest BCUT2D eigenvalue weighted by molar-refractivity contribution is 0.0950. The molecular formula is C15H19ClN2O2. The zero-order valence-corrected chi connectivity index (χ0v) is 12.5. The third-order valence-electron chi connectivity index (χ3n) is 3.73. The van der Waals surface area contributed by atoms with Crippen LogP contribution in [0, 0.1) is 5.92 Å². The molecular weight excluding hydrogens is 276 g/mol. The van der Waals surface area contributed by atoms with Crippen LogP contribution in [0.3, 0.4) is 0 Å². The third kappa shape index (κ3) is 2.75. The number of ether oxygens (including phenoxy) is 1. The van der Waals surface area contributed by atoms with Crippen molar-refractivity contribution < 1.29 is 9.53 Å². The van der Waals surface area contributed by atoms with Gasteiger partial charge in [0.1, 0.15) is 16.8 Å². The number of fused-ring (bicyclic) bond motifs is 1. The van der Waals surface area contributed by atoms with E-state index in [1.54, 1.807) is 6.07 Å². The van der Waals surface area contributed by atoms with E-state index in [0.717, 1.165) is 31.2 Å². The zero-order chi connectivity index (χ0) is 14.3. The molecule has 20 heavy (non-hydrogen) atoms. The molecule has 1 aromatic rings. The van der Waals surface area contributed by atoms with Crippen molar-refractivity contribution in [2.24, 2.45) is 5.92 Å². The summed E-state index contributed by atoms with van der Waals surface area (Å²) < 4.78 is 5.74. The van der Waals surface area contributed by atoms with Gasteiger partial charge < -0.3 is 10.1 Å². The Morgan fingerprint density at radius 1 is 1.50 bits per heavy atom. The largest absolute Gasteiger partial charge is 0.474 e. The first kappa shape index (κ1) is 13.7. The van der Waals surface area contributed by atoms with E-state index in [-0.39, 0.29) is 18.1 Å². The monoisotopic (exact) mass is 294 g/mol. The number of amides is 1. The van der Waals surface area contributed by atoms with Gasteiger partial charge in [-0.1, -0.05) is 25.4 Å². The number of rotatable bonds is 5. The number of hydrogen-bond donors (Lipinski definition) is 1. The lowest BCUT2D eigenvalue weighted by Crippen LogP contribution is -2.19. The Balaban J connectivity index is 1.89. The van der Waals surface area contributed by atoms with Crippen LogP contribution in [0.25, 0.3) is 0 Å². The van der Waals surface area contributed by atoms with E-state index < -0.39 is 0 Å². The number of aromatic nitrogens is 1. The highest BCUT2D eigenvalue weighted by Gasteiger charge is 2.35. The van der Waals surface area contributed by atoms with Gasteiger partial charge in [0.15, 0.2) is 0 Å². The first-order valence-corrected chi connectivity index (χ1v) is 7.60. The molecule has 2 aliphatic rings. The van der Waals surface area contributed by atoms with Crippen LogP contribution in [-0.4, -0.2) is 17.0 Å². The first-order valence-electron chi connectivity index (χ1n) is 7.22. The molecule has 0 bridgehead atoms. The van der Waals surface area contributed by atoms with Crippen molar-refractivity contribution in [3.8, 4) is 5.88 Å². The molecule has 5 heteroatoms. The van der Waals surface area contributed by atoms with Gasteiger partial charge in [-0.05, 0) is 43.2 Å². The Morgan fingerprint density at radius 2 is 2.25 bits per heavy atom. The Labute approximate surface area is 123 Å². The van der Waals surface area contributed by atoms with Crippen LogP contribution in [0.1, 0.15) is 61.5 Å². The summed E-state index contributed by atoms with van der Waals surface area (Å²) in [5, 5.41) is 3.41. The number of nitrogens with one attached hydrogen (secondary N) is 1. The van der Waals surface area contributed by atoms with Crippen LogP contribution in [0.15, 0.2) is 6.07 Å². The molecule has 1 atom stereocenters. The lowest BCUT2D eigenvalue weighted by atomic mass is 9.98. The van der Waals surface area contributed by atoms with Crippen molar-refractivity contribution in [3.63, 3.8) is 0 Å². The summed E-state index contributed by atoms with van der Waals surface area (Å²) in [4.78, 5) is 16.4. The van der Waals surface area contributed by atoms with Crippen LogP contribution in [0.4, 0.5) is 0 Å². The van der Waals surface area contributed by atoms with Crippen LogP contribution < -0.4 is 10.1 Å². The Bertz CT molecular complexity index is 541. The van der Waals surface area contributed by atoms with E-state index >= 15 is 0 Å². The van der Waals surface area contributed by atoms with E-state index in [4.69, 9.17) is 16.3 Å². The fraction of sp³-hybridized carbons (Fsp3) is 0.600. The molecule has 0 spiro atoms. The standard InChI is InChI=1S/C15H19ClN2O2/c1-8(2)3-6-11-10-7-12(16)18-15(20-9-4-5-9)13(10)14(19)17-11/h7-9,11H,3-6H2,1-2H3,(H,17,19)/t11-/m0/s1. The quantitative estimate of drug-likeness (QED) is 0.846. The van der Waals surface area contributed by atoms with Crippen LogP contribution in [-0.2, 0) is 0 Å².